The third-order valence-corrected chi connectivity index (χ3v) is 2.39. The van der Waals surface area contributed by atoms with E-state index in [0.717, 1.165) is 0 Å². The van der Waals surface area contributed by atoms with E-state index in [9.17, 15) is 9.90 Å². The van der Waals surface area contributed by atoms with E-state index in [0.29, 0.717) is 11.3 Å². The number of nitrogen functional groups attached to an aromatic ring is 1. The summed E-state index contributed by atoms with van der Waals surface area (Å²) >= 11 is 0. The van der Waals surface area contributed by atoms with Crippen LogP contribution in [0.5, 0.6) is 0 Å². The molecule has 1 unspecified atom stereocenters. The molecule has 2 rings (SSSR count). The summed E-state index contributed by atoms with van der Waals surface area (Å²) in [4.78, 5) is 11.8. The van der Waals surface area contributed by atoms with E-state index in [1.54, 1.807) is 31.2 Å². The Morgan fingerprint density at radius 1 is 1.44 bits per heavy atom. The first-order chi connectivity index (χ1) is 8.59. The largest absolute Gasteiger partial charge is 0.389 e. The van der Waals surface area contributed by atoms with Crippen LogP contribution in [0.2, 0.25) is 0 Å². The van der Waals surface area contributed by atoms with Gasteiger partial charge < -0.3 is 16.2 Å². The molecular weight excluding hydrogens is 236 g/mol. The van der Waals surface area contributed by atoms with Crippen molar-refractivity contribution in [2.24, 2.45) is 0 Å². The minimum Gasteiger partial charge on any atom is -0.389 e. The van der Waals surface area contributed by atoms with Crippen LogP contribution in [-0.4, -0.2) is 21.3 Å². The summed E-state index contributed by atoms with van der Waals surface area (Å²) in [6, 6.07) is 6.89. The zero-order valence-electron chi connectivity index (χ0n) is 9.62. The fraction of sp³-hybridized carbons (Fsp3) is 0.182. The van der Waals surface area contributed by atoms with E-state index in [4.69, 9.17) is 5.73 Å². The topological polar surface area (TPSA) is 114 Å². The zero-order chi connectivity index (χ0) is 13.1. The highest BCUT2D eigenvalue weighted by atomic mass is 16.6. The molecule has 1 amide bonds. The Balaban J connectivity index is 2.25. The van der Waals surface area contributed by atoms with Crippen molar-refractivity contribution in [3.05, 3.63) is 35.5 Å². The second-order valence-electron chi connectivity index (χ2n) is 3.72. The normalized spacial score (nSPS) is 12.1. The van der Waals surface area contributed by atoms with Gasteiger partial charge in [0.2, 0.25) is 11.5 Å². The van der Waals surface area contributed by atoms with Gasteiger partial charge in [0.05, 0.1) is 6.10 Å². The van der Waals surface area contributed by atoms with Gasteiger partial charge in [0.1, 0.15) is 0 Å². The van der Waals surface area contributed by atoms with Gasteiger partial charge in [-0.2, -0.15) is 0 Å². The third-order valence-electron chi connectivity index (χ3n) is 2.39. The van der Waals surface area contributed by atoms with E-state index in [1.807, 2.05) is 0 Å². The summed E-state index contributed by atoms with van der Waals surface area (Å²) in [5.41, 5.74) is 6.41. The number of nitrogens with zero attached hydrogens (tertiary/aromatic N) is 2. The number of aliphatic hydroxyl groups excluding tert-OH is 1. The molecule has 0 spiro atoms. The number of aromatic nitrogens is 2. The van der Waals surface area contributed by atoms with Gasteiger partial charge in [-0.15, -0.1) is 0 Å². The monoisotopic (exact) mass is 248 g/mol. The molecule has 2 aromatic rings. The maximum Gasteiger partial charge on any atom is 0.281 e. The summed E-state index contributed by atoms with van der Waals surface area (Å²) in [5, 5.41) is 18.9. The zero-order valence-corrected chi connectivity index (χ0v) is 9.62. The maximum absolute atomic E-state index is 11.8. The molecule has 18 heavy (non-hydrogen) atoms. The number of aliphatic hydroxyl groups is 1. The number of benzene rings is 1. The van der Waals surface area contributed by atoms with Crippen LogP contribution in [-0.2, 0) is 0 Å². The number of carbonyl (C=O) groups is 1. The van der Waals surface area contributed by atoms with Crippen LogP contribution in [0.4, 0.5) is 11.5 Å². The van der Waals surface area contributed by atoms with Gasteiger partial charge in [-0.25, -0.2) is 4.63 Å². The minimum atomic E-state index is -0.700. The standard InChI is InChI=1S/C11H12N4O3/c1-6(16)7-4-2-3-5-8(7)13-11(17)9-10(12)15-18-14-9/h2-6,16H,1H3,(H2,12,15)(H,13,17). The van der Waals surface area contributed by atoms with Gasteiger partial charge in [-0.05, 0) is 23.3 Å². The van der Waals surface area contributed by atoms with Crippen molar-refractivity contribution < 1.29 is 14.5 Å². The average Bonchev–Trinajstić information content (AvgIpc) is 2.76. The van der Waals surface area contributed by atoms with Crippen LogP contribution in [0.1, 0.15) is 29.1 Å². The second-order valence-corrected chi connectivity index (χ2v) is 3.72. The molecule has 0 saturated carbocycles. The van der Waals surface area contributed by atoms with Crippen molar-refractivity contribution in [1.29, 1.82) is 0 Å². The van der Waals surface area contributed by atoms with E-state index < -0.39 is 12.0 Å². The van der Waals surface area contributed by atoms with E-state index in [2.05, 4.69) is 20.3 Å². The predicted molar refractivity (Wildman–Crippen MR) is 63.7 cm³/mol. The SMILES string of the molecule is CC(O)c1ccccc1NC(=O)c1nonc1N. The lowest BCUT2D eigenvalue weighted by atomic mass is 10.1. The average molecular weight is 248 g/mol. The molecule has 1 atom stereocenters. The third kappa shape index (κ3) is 2.30. The molecule has 1 aromatic carbocycles. The number of carbonyl (C=O) groups excluding carboxylic acids is 1. The van der Waals surface area contributed by atoms with Gasteiger partial charge in [0.25, 0.3) is 5.91 Å². The Hall–Kier alpha value is -2.41. The van der Waals surface area contributed by atoms with Gasteiger partial charge in [0.15, 0.2) is 0 Å². The molecule has 7 heteroatoms. The highest BCUT2D eigenvalue weighted by Crippen LogP contribution is 2.22. The Kier molecular flexibility index (Phi) is 3.24. The molecule has 7 nitrogen and oxygen atoms in total. The molecule has 0 bridgehead atoms. The fourth-order valence-electron chi connectivity index (χ4n) is 1.51. The van der Waals surface area contributed by atoms with Crippen LogP contribution in [0.3, 0.4) is 0 Å². The molecule has 0 aliphatic heterocycles. The molecule has 4 N–H and O–H groups in total. The summed E-state index contributed by atoms with van der Waals surface area (Å²) < 4.78 is 4.35. The van der Waals surface area contributed by atoms with E-state index >= 15 is 0 Å². The van der Waals surface area contributed by atoms with Gasteiger partial charge in [0, 0.05) is 11.3 Å². The minimum absolute atomic E-state index is 0.0815. The second kappa shape index (κ2) is 4.84. The Morgan fingerprint density at radius 2 is 2.17 bits per heavy atom. The number of hydrogen-bond donors (Lipinski definition) is 3. The number of rotatable bonds is 3. The van der Waals surface area contributed by atoms with Crippen molar-refractivity contribution >= 4 is 17.4 Å². The molecule has 0 aliphatic rings. The molecule has 0 saturated heterocycles. The lowest BCUT2D eigenvalue weighted by Gasteiger charge is -2.11. The van der Waals surface area contributed by atoms with Crippen LogP contribution < -0.4 is 11.1 Å². The van der Waals surface area contributed by atoms with Crippen molar-refractivity contribution in [2.75, 3.05) is 11.1 Å². The molecule has 0 aliphatic carbocycles. The highest BCUT2D eigenvalue weighted by molar-refractivity contribution is 6.05. The Morgan fingerprint density at radius 3 is 2.78 bits per heavy atom. The first kappa shape index (κ1) is 12.1. The van der Waals surface area contributed by atoms with Crippen molar-refractivity contribution in [3.63, 3.8) is 0 Å². The smallest absolute Gasteiger partial charge is 0.281 e. The number of amides is 1. The predicted octanol–water partition coefficient (Wildman–Crippen LogP) is 0.957. The Labute approximate surface area is 103 Å². The van der Waals surface area contributed by atoms with Gasteiger partial charge in [-0.1, -0.05) is 18.2 Å². The number of nitrogens with two attached hydrogens (primary N) is 1. The molecule has 0 radical (unpaired) electrons. The summed E-state index contributed by atoms with van der Waals surface area (Å²) in [5.74, 6) is -0.621. The lowest BCUT2D eigenvalue weighted by molar-refractivity contribution is 0.101. The fourth-order valence-corrected chi connectivity index (χ4v) is 1.51. The van der Waals surface area contributed by atoms with Crippen LogP contribution in [0.25, 0.3) is 0 Å². The first-order valence-electron chi connectivity index (χ1n) is 5.26. The summed E-state index contributed by atoms with van der Waals surface area (Å²) in [6.45, 7) is 1.61. The molecular formula is C11H12N4O3. The number of anilines is 2. The van der Waals surface area contributed by atoms with Gasteiger partial charge in [-0.3, -0.25) is 4.79 Å². The van der Waals surface area contributed by atoms with Crippen molar-refractivity contribution in [1.82, 2.24) is 10.3 Å². The molecule has 0 fully saturated rings. The van der Waals surface area contributed by atoms with Crippen LogP contribution in [0, 0.1) is 0 Å². The quantitative estimate of drug-likeness (QED) is 0.745. The molecule has 1 aromatic heterocycles. The number of nitrogens with one attached hydrogen (secondary N) is 1. The summed E-state index contributed by atoms with van der Waals surface area (Å²) in [7, 11) is 0. The molecule has 94 valence electrons. The van der Waals surface area contributed by atoms with Crippen LogP contribution in [0.15, 0.2) is 28.9 Å². The number of hydrogen-bond acceptors (Lipinski definition) is 6. The summed E-state index contributed by atoms with van der Waals surface area (Å²) in [6.07, 6.45) is -0.700. The van der Waals surface area contributed by atoms with Gasteiger partial charge >= 0.3 is 0 Å². The van der Waals surface area contributed by atoms with Crippen molar-refractivity contribution in [2.45, 2.75) is 13.0 Å². The van der Waals surface area contributed by atoms with E-state index in [1.165, 1.54) is 0 Å². The van der Waals surface area contributed by atoms with Crippen molar-refractivity contribution in [3.8, 4) is 0 Å². The molecule has 1 heterocycles. The highest BCUT2D eigenvalue weighted by Gasteiger charge is 2.17. The maximum atomic E-state index is 11.8. The first-order valence-corrected chi connectivity index (χ1v) is 5.26. The number of para-hydroxylation sites is 1. The van der Waals surface area contributed by atoms with E-state index in [-0.39, 0.29) is 11.5 Å². The lowest BCUT2D eigenvalue weighted by Crippen LogP contribution is -2.15. The Bertz CT molecular complexity index is 565. The van der Waals surface area contributed by atoms with Crippen LogP contribution >= 0.6 is 0 Å².